The van der Waals surface area contributed by atoms with Gasteiger partial charge in [-0.05, 0) is 6.07 Å². The molecule has 0 fully saturated rings. The van der Waals surface area contributed by atoms with Crippen molar-refractivity contribution >= 4 is 17.7 Å². The van der Waals surface area contributed by atoms with Crippen LogP contribution in [0, 0.1) is 5.82 Å². The molecule has 0 spiro atoms. The van der Waals surface area contributed by atoms with E-state index in [2.05, 4.69) is 15.3 Å². The number of rotatable bonds is 3. The Balaban J connectivity index is 2.46. The molecule has 6 nitrogen and oxygen atoms in total. The lowest BCUT2D eigenvalue weighted by atomic mass is 10.1. The number of nitrogens with two attached hydrogens (primary N) is 1. The monoisotopic (exact) mass is 233 g/mol. The number of hydrogen-bond acceptors (Lipinski definition) is 4. The molecule has 86 valence electrons. The lowest BCUT2D eigenvalue weighted by Crippen LogP contribution is -2.14. The first-order valence-corrected chi connectivity index (χ1v) is 4.65. The predicted octanol–water partition coefficient (Wildman–Crippen LogP) is 0.296. The molecule has 2 aromatic heterocycles. The number of carbonyl (C=O) groups excluding carboxylic acids is 1. The summed E-state index contributed by atoms with van der Waals surface area (Å²) < 4.78 is 14.3. The van der Waals surface area contributed by atoms with E-state index in [9.17, 15) is 9.18 Å². The molecule has 0 bridgehead atoms. The third-order valence-electron chi connectivity index (χ3n) is 1.98. The van der Waals surface area contributed by atoms with Gasteiger partial charge >= 0.3 is 0 Å². The molecule has 0 saturated carbocycles. The maximum Gasteiger partial charge on any atom is 0.250 e. The van der Waals surface area contributed by atoms with Crippen LogP contribution in [-0.4, -0.2) is 25.9 Å². The number of amides is 1. The molecule has 0 aromatic carbocycles. The van der Waals surface area contributed by atoms with E-state index in [1.165, 1.54) is 35.5 Å². The van der Waals surface area contributed by atoms with Crippen molar-refractivity contribution in [2.24, 2.45) is 5.73 Å². The van der Waals surface area contributed by atoms with Crippen molar-refractivity contribution in [1.29, 1.82) is 0 Å². The lowest BCUT2D eigenvalue weighted by molar-refractivity contribution is -0.112. The summed E-state index contributed by atoms with van der Waals surface area (Å²) in [6, 6.07) is 1.17. The fourth-order valence-electron chi connectivity index (χ4n) is 1.26. The number of carbonyl (C=O) groups is 1. The fourth-order valence-corrected chi connectivity index (χ4v) is 1.26. The van der Waals surface area contributed by atoms with Gasteiger partial charge in [0.2, 0.25) is 0 Å². The number of primary amides is 1. The Morgan fingerprint density at radius 1 is 1.47 bits per heavy atom. The van der Waals surface area contributed by atoms with Crippen molar-refractivity contribution in [3.63, 3.8) is 0 Å². The van der Waals surface area contributed by atoms with E-state index in [1.807, 2.05) is 0 Å². The van der Waals surface area contributed by atoms with E-state index in [4.69, 9.17) is 5.73 Å². The number of hydrogen-bond donors (Lipinski definition) is 1. The van der Waals surface area contributed by atoms with Gasteiger partial charge in [0.25, 0.3) is 5.91 Å². The second-order valence-electron chi connectivity index (χ2n) is 3.18. The SMILES string of the molecule is NC(=O)C(=Cn1ccnn1)c1cncc(F)c1. The van der Waals surface area contributed by atoms with E-state index in [-0.39, 0.29) is 11.1 Å². The minimum atomic E-state index is -0.701. The summed E-state index contributed by atoms with van der Waals surface area (Å²) in [5, 5.41) is 7.23. The average molecular weight is 233 g/mol. The molecule has 2 aromatic rings. The second-order valence-corrected chi connectivity index (χ2v) is 3.18. The lowest BCUT2D eigenvalue weighted by Gasteiger charge is -2.02. The van der Waals surface area contributed by atoms with Crippen LogP contribution in [0.2, 0.25) is 0 Å². The fraction of sp³-hybridized carbons (Fsp3) is 0. The number of aromatic nitrogens is 4. The normalized spacial score (nSPS) is 11.5. The molecule has 0 aliphatic heterocycles. The van der Waals surface area contributed by atoms with Crippen molar-refractivity contribution in [2.75, 3.05) is 0 Å². The van der Waals surface area contributed by atoms with Crippen LogP contribution in [0.5, 0.6) is 0 Å². The van der Waals surface area contributed by atoms with Crippen molar-refractivity contribution in [3.8, 4) is 0 Å². The summed E-state index contributed by atoms with van der Waals surface area (Å²) in [5.41, 5.74) is 5.60. The van der Waals surface area contributed by atoms with Crippen molar-refractivity contribution in [2.45, 2.75) is 0 Å². The Morgan fingerprint density at radius 3 is 2.88 bits per heavy atom. The zero-order chi connectivity index (χ0) is 12.3. The van der Waals surface area contributed by atoms with E-state index in [0.29, 0.717) is 0 Å². The molecule has 17 heavy (non-hydrogen) atoms. The molecule has 0 radical (unpaired) electrons. The maximum absolute atomic E-state index is 13.0. The van der Waals surface area contributed by atoms with Gasteiger partial charge in [0.1, 0.15) is 5.82 Å². The van der Waals surface area contributed by atoms with Gasteiger partial charge in [0.15, 0.2) is 0 Å². The third-order valence-corrected chi connectivity index (χ3v) is 1.98. The first kappa shape index (κ1) is 10.9. The molecule has 2 rings (SSSR count). The summed E-state index contributed by atoms with van der Waals surface area (Å²) in [7, 11) is 0. The van der Waals surface area contributed by atoms with Crippen LogP contribution in [-0.2, 0) is 4.79 Å². The van der Waals surface area contributed by atoms with Gasteiger partial charge in [-0.2, -0.15) is 0 Å². The Kier molecular flexibility index (Phi) is 2.91. The molecule has 0 aliphatic rings. The summed E-state index contributed by atoms with van der Waals surface area (Å²) in [4.78, 5) is 14.9. The van der Waals surface area contributed by atoms with Gasteiger partial charge in [-0.1, -0.05) is 5.21 Å². The van der Waals surface area contributed by atoms with Crippen molar-refractivity contribution < 1.29 is 9.18 Å². The van der Waals surface area contributed by atoms with Gasteiger partial charge in [0.05, 0.1) is 24.2 Å². The van der Waals surface area contributed by atoms with Crippen LogP contribution >= 0.6 is 0 Å². The van der Waals surface area contributed by atoms with Crippen molar-refractivity contribution in [1.82, 2.24) is 20.0 Å². The molecule has 2 N–H and O–H groups in total. The Morgan fingerprint density at radius 2 is 2.29 bits per heavy atom. The summed E-state index contributed by atoms with van der Waals surface area (Å²) >= 11 is 0. The highest BCUT2D eigenvalue weighted by molar-refractivity contribution is 6.22. The molecule has 7 heteroatoms. The summed E-state index contributed by atoms with van der Waals surface area (Å²) in [6.45, 7) is 0. The molecular formula is C10H8FN5O. The number of pyridine rings is 1. The smallest absolute Gasteiger partial charge is 0.250 e. The van der Waals surface area contributed by atoms with Crippen LogP contribution in [0.3, 0.4) is 0 Å². The zero-order valence-electron chi connectivity index (χ0n) is 8.62. The molecule has 0 aliphatic carbocycles. The van der Waals surface area contributed by atoms with E-state index >= 15 is 0 Å². The number of nitrogens with zero attached hydrogens (tertiary/aromatic N) is 4. The van der Waals surface area contributed by atoms with Gasteiger partial charge < -0.3 is 5.73 Å². The van der Waals surface area contributed by atoms with Gasteiger partial charge in [-0.25, -0.2) is 9.07 Å². The highest BCUT2D eigenvalue weighted by Crippen LogP contribution is 2.14. The molecule has 0 saturated heterocycles. The van der Waals surface area contributed by atoms with Gasteiger partial charge in [-0.15, -0.1) is 5.10 Å². The summed E-state index contributed by atoms with van der Waals surface area (Å²) in [6.07, 6.45) is 6.70. The van der Waals surface area contributed by atoms with Gasteiger partial charge in [-0.3, -0.25) is 9.78 Å². The Bertz CT molecular complexity index is 564. The quantitative estimate of drug-likeness (QED) is 0.772. The minimum Gasteiger partial charge on any atom is -0.366 e. The molecule has 0 unspecified atom stereocenters. The maximum atomic E-state index is 13.0. The summed E-state index contributed by atoms with van der Waals surface area (Å²) in [5.74, 6) is -1.25. The standard InChI is InChI=1S/C10H8FN5O/c11-8-3-7(4-13-5-8)9(10(12)17)6-16-2-1-14-15-16/h1-6H,(H2,12,17). The first-order valence-electron chi connectivity index (χ1n) is 4.65. The highest BCUT2D eigenvalue weighted by Gasteiger charge is 2.10. The largest absolute Gasteiger partial charge is 0.366 e. The van der Waals surface area contributed by atoms with Crippen LogP contribution in [0.15, 0.2) is 30.9 Å². The first-order chi connectivity index (χ1) is 8.16. The molecule has 0 atom stereocenters. The van der Waals surface area contributed by atoms with Crippen LogP contribution in [0.4, 0.5) is 4.39 Å². The van der Waals surface area contributed by atoms with Crippen LogP contribution in [0.1, 0.15) is 5.56 Å². The minimum absolute atomic E-state index is 0.0995. The van der Waals surface area contributed by atoms with Gasteiger partial charge in [0, 0.05) is 18.0 Å². The number of halogens is 1. The topological polar surface area (TPSA) is 86.7 Å². The average Bonchev–Trinajstić information content (AvgIpc) is 2.78. The Hall–Kier alpha value is -2.57. The molecular weight excluding hydrogens is 225 g/mol. The van der Waals surface area contributed by atoms with E-state index in [0.717, 1.165) is 6.20 Å². The molecule has 2 heterocycles. The van der Waals surface area contributed by atoms with E-state index in [1.54, 1.807) is 0 Å². The molecule has 1 amide bonds. The zero-order valence-corrected chi connectivity index (χ0v) is 8.62. The van der Waals surface area contributed by atoms with Crippen LogP contribution in [0.25, 0.3) is 11.8 Å². The van der Waals surface area contributed by atoms with Crippen molar-refractivity contribution in [3.05, 3.63) is 42.2 Å². The second kappa shape index (κ2) is 4.52. The van der Waals surface area contributed by atoms with Crippen LogP contribution < -0.4 is 5.73 Å². The Labute approximate surface area is 95.6 Å². The van der Waals surface area contributed by atoms with E-state index < -0.39 is 11.7 Å². The predicted molar refractivity (Wildman–Crippen MR) is 57.6 cm³/mol. The third kappa shape index (κ3) is 2.51. The highest BCUT2D eigenvalue weighted by atomic mass is 19.1.